The van der Waals surface area contributed by atoms with Gasteiger partial charge in [0.2, 0.25) is 0 Å². The minimum atomic E-state index is 0.253. The second kappa shape index (κ2) is 4.08. The monoisotopic (exact) mass is 225 g/mol. The van der Waals surface area contributed by atoms with Crippen LogP contribution in [0.15, 0.2) is 0 Å². The van der Waals surface area contributed by atoms with Gasteiger partial charge in [0.1, 0.15) is 5.82 Å². The Morgan fingerprint density at radius 1 is 1.47 bits per heavy atom. The van der Waals surface area contributed by atoms with Gasteiger partial charge in [-0.2, -0.15) is 5.10 Å². The molecule has 4 heteroatoms. The second-order valence-corrected chi connectivity index (χ2v) is 5.16. The summed E-state index contributed by atoms with van der Waals surface area (Å²) >= 11 is 5.27. The van der Waals surface area contributed by atoms with Crippen LogP contribution in [0.2, 0.25) is 0 Å². The van der Waals surface area contributed by atoms with Crippen LogP contribution in [-0.2, 0) is 12.0 Å². The summed E-state index contributed by atoms with van der Waals surface area (Å²) in [6.45, 7) is 5.48. The van der Waals surface area contributed by atoms with E-state index in [1.54, 1.807) is 0 Å². The molecule has 1 aliphatic rings. The first-order chi connectivity index (χ1) is 7.17. The zero-order chi connectivity index (χ0) is 10.9. The summed E-state index contributed by atoms with van der Waals surface area (Å²) in [6, 6.07) is 0. The molecule has 0 aliphatic heterocycles. The Morgan fingerprint density at radius 2 is 2.13 bits per heavy atom. The molecular formula is C11H19N3S. The lowest BCUT2D eigenvalue weighted by Gasteiger charge is -2.22. The summed E-state index contributed by atoms with van der Waals surface area (Å²) < 4.78 is 2.96. The molecule has 84 valence electrons. The Bertz CT molecular complexity index is 385. The van der Waals surface area contributed by atoms with Gasteiger partial charge in [0.15, 0.2) is 4.77 Å². The van der Waals surface area contributed by atoms with Gasteiger partial charge in [-0.3, -0.25) is 5.10 Å². The van der Waals surface area contributed by atoms with Crippen LogP contribution in [-0.4, -0.2) is 14.8 Å². The SMILES string of the molecule is CCCn1c(C2(C)CCCC2)n[nH]c1=S. The van der Waals surface area contributed by atoms with Gasteiger partial charge in [-0.25, -0.2) is 0 Å². The molecule has 2 rings (SSSR count). The fraction of sp³-hybridized carbons (Fsp3) is 0.818. The molecule has 0 bridgehead atoms. The summed E-state index contributed by atoms with van der Waals surface area (Å²) in [5.41, 5.74) is 0.253. The highest BCUT2D eigenvalue weighted by Crippen LogP contribution is 2.39. The summed E-state index contributed by atoms with van der Waals surface area (Å²) in [7, 11) is 0. The van der Waals surface area contributed by atoms with Gasteiger partial charge in [0.25, 0.3) is 0 Å². The van der Waals surface area contributed by atoms with E-state index in [1.807, 2.05) is 0 Å². The minimum Gasteiger partial charge on any atom is -0.304 e. The van der Waals surface area contributed by atoms with Crippen molar-refractivity contribution in [3.8, 4) is 0 Å². The smallest absolute Gasteiger partial charge is 0.195 e. The van der Waals surface area contributed by atoms with Crippen molar-refractivity contribution < 1.29 is 0 Å². The zero-order valence-electron chi connectivity index (χ0n) is 9.55. The van der Waals surface area contributed by atoms with Crippen molar-refractivity contribution in [1.82, 2.24) is 14.8 Å². The van der Waals surface area contributed by atoms with Crippen LogP contribution in [0, 0.1) is 4.77 Å². The third-order valence-corrected chi connectivity index (χ3v) is 3.76. The highest BCUT2D eigenvalue weighted by Gasteiger charge is 2.34. The fourth-order valence-electron chi connectivity index (χ4n) is 2.59. The molecule has 1 heterocycles. The molecule has 1 saturated carbocycles. The Balaban J connectivity index is 2.38. The molecule has 0 saturated heterocycles. The van der Waals surface area contributed by atoms with Gasteiger partial charge in [-0.15, -0.1) is 0 Å². The molecule has 0 atom stereocenters. The fourth-order valence-corrected chi connectivity index (χ4v) is 2.81. The van der Waals surface area contributed by atoms with Crippen molar-refractivity contribution in [2.75, 3.05) is 0 Å². The molecule has 1 aliphatic carbocycles. The summed E-state index contributed by atoms with van der Waals surface area (Å²) in [5.74, 6) is 1.17. The maximum atomic E-state index is 5.27. The topological polar surface area (TPSA) is 33.6 Å². The van der Waals surface area contributed by atoms with Crippen molar-refractivity contribution in [3.05, 3.63) is 10.6 Å². The van der Waals surface area contributed by atoms with Gasteiger partial charge in [0, 0.05) is 12.0 Å². The van der Waals surface area contributed by atoms with Gasteiger partial charge in [0.05, 0.1) is 0 Å². The predicted octanol–water partition coefficient (Wildman–Crippen LogP) is 3.18. The average Bonchev–Trinajstić information content (AvgIpc) is 2.77. The quantitative estimate of drug-likeness (QED) is 0.802. The largest absolute Gasteiger partial charge is 0.304 e. The highest BCUT2D eigenvalue weighted by molar-refractivity contribution is 7.71. The number of hydrogen-bond donors (Lipinski definition) is 1. The van der Waals surface area contributed by atoms with Gasteiger partial charge in [-0.1, -0.05) is 26.7 Å². The van der Waals surface area contributed by atoms with E-state index in [-0.39, 0.29) is 5.41 Å². The number of hydrogen-bond acceptors (Lipinski definition) is 2. The summed E-state index contributed by atoms with van der Waals surface area (Å²) in [6.07, 6.45) is 6.24. The van der Waals surface area contributed by atoms with Gasteiger partial charge < -0.3 is 4.57 Å². The van der Waals surface area contributed by atoms with Crippen molar-refractivity contribution in [3.63, 3.8) is 0 Å². The molecule has 1 fully saturated rings. The molecule has 0 radical (unpaired) electrons. The van der Waals surface area contributed by atoms with E-state index >= 15 is 0 Å². The first kappa shape index (κ1) is 10.9. The highest BCUT2D eigenvalue weighted by atomic mass is 32.1. The third-order valence-electron chi connectivity index (χ3n) is 3.45. The molecule has 3 nitrogen and oxygen atoms in total. The normalized spacial score (nSPS) is 19.6. The molecular weight excluding hydrogens is 206 g/mol. The average molecular weight is 225 g/mol. The second-order valence-electron chi connectivity index (χ2n) is 4.77. The zero-order valence-corrected chi connectivity index (χ0v) is 10.4. The van der Waals surface area contributed by atoms with Crippen molar-refractivity contribution in [1.29, 1.82) is 0 Å². The molecule has 1 aromatic rings. The minimum absolute atomic E-state index is 0.253. The Hall–Kier alpha value is -0.640. The molecule has 0 unspecified atom stereocenters. The molecule has 1 N–H and O–H groups in total. The summed E-state index contributed by atoms with van der Waals surface area (Å²) in [5, 5.41) is 7.37. The van der Waals surface area contributed by atoms with Crippen LogP contribution in [0.4, 0.5) is 0 Å². The Morgan fingerprint density at radius 3 is 2.73 bits per heavy atom. The number of H-pyrrole nitrogens is 1. The standard InChI is InChI=1S/C11H19N3S/c1-3-8-14-9(12-13-10(14)15)11(2)6-4-5-7-11/h3-8H2,1-2H3,(H,13,15). The van der Waals surface area contributed by atoms with E-state index in [1.165, 1.54) is 31.5 Å². The lowest BCUT2D eigenvalue weighted by molar-refractivity contribution is 0.427. The molecule has 15 heavy (non-hydrogen) atoms. The van der Waals surface area contributed by atoms with Crippen molar-refractivity contribution in [2.45, 2.75) is 57.9 Å². The number of nitrogens with one attached hydrogen (secondary N) is 1. The van der Waals surface area contributed by atoms with Crippen LogP contribution in [0.5, 0.6) is 0 Å². The lowest BCUT2D eigenvalue weighted by Crippen LogP contribution is -2.23. The molecule has 1 aromatic heterocycles. The van der Waals surface area contributed by atoms with E-state index in [0.717, 1.165) is 17.7 Å². The van der Waals surface area contributed by atoms with Crippen LogP contribution >= 0.6 is 12.2 Å². The Kier molecular flexibility index (Phi) is 2.96. The molecule has 0 amide bonds. The maximum Gasteiger partial charge on any atom is 0.195 e. The maximum absolute atomic E-state index is 5.27. The van der Waals surface area contributed by atoms with Crippen LogP contribution < -0.4 is 0 Å². The Labute approximate surface area is 95.9 Å². The van der Waals surface area contributed by atoms with Gasteiger partial charge >= 0.3 is 0 Å². The summed E-state index contributed by atoms with van der Waals surface area (Å²) in [4.78, 5) is 0. The van der Waals surface area contributed by atoms with E-state index in [2.05, 4.69) is 28.6 Å². The van der Waals surface area contributed by atoms with Crippen LogP contribution in [0.3, 0.4) is 0 Å². The molecule has 0 aromatic carbocycles. The first-order valence-corrected chi connectivity index (χ1v) is 6.24. The predicted molar refractivity (Wildman–Crippen MR) is 63.5 cm³/mol. The van der Waals surface area contributed by atoms with E-state index in [4.69, 9.17) is 12.2 Å². The number of nitrogens with zero attached hydrogens (tertiary/aromatic N) is 2. The van der Waals surface area contributed by atoms with Crippen LogP contribution in [0.1, 0.15) is 51.8 Å². The van der Waals surface area contributed by atoms with E-state index in [0.29, 0.717) is 0 Å². The number of aromatic amines is 1. The number of aromatic nitrogens is 3. The van der Waals surface area contributed by atoms with Gasteiger partial charge in [-0.05, 0) is 31.5 Å². The first-order valence-electron chi connectivity index (χ1n) is 5.83. The third kappa shape index (κ3) is 1.87. The van der Waals surface area contributed by atoms with Crippen molar-refractivity contribution >= 4 is 12.2 Å². The number of rotatable bonds is 3. The molecule has 0 spiro atoms. The van der Waals surface area contributed by atoms with Crippen LogP contribution in [0.25, 0.3) is 0 Å². The van der Waals surface area contributed by atoms with Crippen molar-refractivity contribution in [2.24, 2.45) is 0 Å². The lowest BCUT2D eigenvalue weighted by atomic mass is 9.88. The van der Waals surface area contributed by atoms with E-state index < -0.39 is 0 Å². The van der Waals surface area contributed by atoms with E-state index in [9.17, 15) is 0 Å².